The van der Waals surface area contributed by atoms with Crippen molar-refractivity contribution >= 4 is 17.4 Å². The Labute approximate surface area is 170 Å². The first kappa shape index (κ1) is 20.5. The summed E-state index contributed by atoms with van der Waals surface area (Å²) in [7, 11) is 0. The van der Waals surface area contributed by atoms with Gasteiger partial charge in [-0.05, 0) is 48.2 Å². The Balaban J connectivity index is 1.82. The van der Waals surface area contributed by atoms with E-state index in [-0.39, 0.29) is 18.1 Å². The lowest BCUT2D eigenvalue weighted by molar-refractivity contribution is -0.115. The first-order valence-electron chi connectivity index (χ1n) is 9.79. The molecule has 150 valence electrons. The fourth-order valence-electron chi connectivity index (χ4n) is 3.21. The van der Waals surface area contributed by atoms with Gasteiger partial charge < -0.3 is 11.1 Å². The fraction of sp³-hybridized carbons (Fsp3) is 0.261. The summed E-state index contributed by atoms with van der Waals surface area (Å²) < 4.78 is 13.0. The summed E-state index contributed by atoms with van der Waals surface area (Å²) >= 11 is 0. The van der Waals surface area contributed by atoms with Gasteiger partial charge >= 0.3 is 0 Å². The SMILES string of the molecule is CCCc1cc(N)ccc1-c1cnc(NC(=O)Cc2ccc(F)cc2)c(CC)n1. The topological polar surface area (TPSA) is 80.9 Å². The van der Waals surface area contributed by atoms with Gasteiger partial charge in [0.1, 0.15) is 5.82 Å². The molecular formula is C23H25FN4O. The number of amides is 1. The maximum Gasteiger partial charge on any atom is 0.229 e. The second-order valence-electron chi connectivity index (χ2n) is 6.92. The summed E-state index contributed by atoms with van der Waals surface area (Å²) in [4.78, 5) is 21.6. The lowest BCUT2D eigenvalue weighted by Gasteiger charge is -2.13. The van der Waals surface area contributed by atoms with Crippen LogP contribution < -0.4 is 11.1 Å². The van der Waals surface area contributed by atoms with Crippen molar-refractivity contribution in [1.29, 1.82) is 0 Å². The highest BCUT2D eigenvalue weighted by Gasteiger charge is 2.13. The number of aromatic nitrogens is 2. The molecule has 0 unspecified atom stereocenters. The normalized spacial score (nSPS) is 10.7. The molecule has 3 rings (SSSR count). The molecule has 29 heavy (non-hydrogen) atoms. The third-order valence-corrected chi connectivity index (χ3v) is 4.64. The summed E-state index contributed by atoms with van der Waals surface area (Å²) in [6, 6.07) is 11.7. The van der Waals surface area contributed by atoms with E-state index in [1.165, 1.54) is 12.1 Å². The summed E-state index contributed by atoms with van der Waals surface area (Å²) in [5, 5.41) is 2.83. The lowest BCUT2D eigenvalue weighted by atomic mass is 10.00. The first-order chi connectivity index (χ1) is 14.0. The Morgan fingerprint density at radius 1 is 1.14 bits per heavy atom. The van der Waals surface area contributed by atoms with E-state index in [2.05, 4.69) is 17.2 Å². The summed E-state index contributed by atoms with van der Waals surface area (Å²) in [6.45, 7) is 4.09. The number of aryl methyl sites for hydroxylation is 2. The van der Waals surface area contributed by atoms with Crippen LogP contribution in [0.15, 0.2) is 48.7 Å². The highest BCUT2D eigenvalue weighted by atomic mass is 19.1. The molecule has 3 aromatic rings. The molecule has 0 fully saturated rings. The number of hydrogen-bond donors (Lipinski definition) is 2. The largest absolute Gasteiger partial charge is 0.399 e. The van der Waals surface area contributed by atoms with Gasteiger partial charge in [0, 0.05) is 11.3 Å². The van der Waals surface area contributed by atoms with Crippen LogP contribution in [0.2, 0.25) is 0 Å². The van der Waals surface area contributed by atoms with E-state index >= 15 is 0 Å². The van der Waals surface area contributed by atoms with Gasteiger partial charge in [-0.3, -0.25) is 4.79 Å². The molecule has 2 aromatic carbocycles. The Hall–Kier alpha value is -3.28. The standard InChI is InChI=1S/C23H25FN4O/c1-3-5-16-13-18(25)10-11-19(16)21-14-26-23(20(4-2)27-21)28-22(29)12-15-6-8-17(24)9-7-15/h6-11,13-14H,3-5,12,25H2,1-2H3,(H,26,28,29). The number of benzene rings is 2. The number of hydrogen-bond acceptors (Lipinski definition) is 4. The molecule has 3 N–H and O–H groups in total. The predicted octanol–water partition coefficient (Wildman–Crippen LogP) is 4.56. The zero-order valence-corrected chi connectivity index (χ0v) is 16.7. The quantitative estimate of drug-likeness (QED) is 0.578. The number of nitrogen functional groups attached to an aromatic ring is 1. The van der Waals surface area contributed by atoms with Gasteiger partial charge in [-0.15, -0.1) is 0 Å². The van der Waals surface area contributed by atoms with Gasteiger partial charge in [0.25, 0.3) is 0 Å². The Bertz CT molecular complexity index is 1000. The van der Waals surface area contributed by atoms with E-state index in [9.17, 15) is 9.18 Å². The van der Waals surface area contributed by atoms with E-state index in [0.29, 0.717) is 17.9 Å². The van der Waals surface area contributed by atoms with Crippen molar-refractivity contribution in [1.82, 2.24) is 9.97 Å². The molecule has 1 aromatic heterocycles. The Morgan fingerprint density at radius 2 is 1.90 bits per heavy atom. The number of anilines is 2. The third kappa shape index (κ3) is 5.16. The smallest absolute Gasteiger partial charge is 0.229 e. The van der Waals surface area contributed by atoms with Crippen LogP contribution >= 0.6 is 0 Å². The molecule has 0 saturated carbocycles. The van der Waals surface area contributed by atoms with Crippen LogP contribution in [0.4, 0.5) is 15.9 Å². The number of rotatable bonds is 7. The molecule has 1 heterocycles. The average molecular weight is 392 g/mol. The Morgan fingerprint density at radius 3 is 2.59 bits per heavy atom. The van der Waals surface area contributed by atoms with Gasteiger partial charge in [0.2, 0.25) is 5.91 Å². The van der Waals surface area contributed by atoms with Crippen LogP contribution in [0.25, 0.3) is 11.3 Å². The van der Waals surface area contributed by atoms with E-state index in [1.807, 2.05) is 25.1 Å². The van der Waals surface area contributed by atoms with Gasteiger partial charge in [-0.2, -0.15) is 0 Å². The van der Waals surface area contributed by atoms with E-state index in [0.717, 1.165) is 40.9 Å². The van der Waals surface area contributed by atoms with Gasteiger partial charge in [-0.1, -0.05) is 38.5 Å². The minimum atomic E-state index is -0.325. The monoisotopic (exact) mass is 392 g/mol. The molecule has 5 nitrogen and oxygen atoms in total. The molecule has 0 radical (unpaired) electrons. The van der Waals surface area contributed by atoms with E-state index in [4.69, 9.17) is 10.7 Å². The second kappa shape index (κ2) is 9.28. The molecule has 0 atom stereocenters. The van der Waals surface area contributed by atoms with E-state index < -0.39 is 0 Å². The average Bonchev–Trinajstić information content (AvgIpc) is 2.70. The third-order valence-electron chi connectivity index (χ3n) is 4.64. The van der Waals surface area contributed by atoms with E-state index in [1.54, 1.807) is 18.3 Å². The van der Waals surface area contributed by atoms with Crippen molar-refractivity contribution in [3.8, 4) is 11.3 Å². The van der Waals surface area contributed by atoms with Crippen molar-refractivity contribution in [3.05, 3.63) is 71.3 Å². The van der Waals surface area contributed by atoms with Crippen LogP contribution in [0.3, 0.4) is 0 Å². The summed E-state index contributed by atoms with van der Waals surface area (Å²) in [5.41, 5.74) is 11.0. The zero-order chi connectivity index (χ0) is 20.8. The minimum absolute atomic E-state index is 0.144. The van der Waals surface area contributed by atoms with Crippen molar-refractivity contribution in [2.45, 2.75) is 39.5 Å². The van der Waals surface area contributed by atoms with Crippen LogP contribution in [0, 0.1) is 5.82 Å². The van der Waals surface area contributed by atoms with Gasteiger partial charge in [0.05, 0.1) is 24.0 Å². The highest BCUT2D eigenvalue weighted by molar-refractivity contribution is 5.92. The minimum Gasteiger partial charge on any atom is -0.399 e. The number of carbonyl (C=O) groups excluding carboxylic acids is 1. The lowest BCUT2D eigenvalue weighted by Crippen LogP contribution is -2.17. The number of carbonyl (C=O) groups is 1. The van der Waals surface area contributed by atoms with Gasteiger partial charge in [0.15, 0.2) is 5.82 Å². The van der Waals surface area contributed by atoms with Crippen LogP contribution in [0.5, 0.6) is 0 Å². The molecule has 1 amide bonds. The summed E-state index contributed by atoms with van der Waals surface area (Å²) in [5.74, 6) is -0.0858. The Kier molecular flexibility index (Phi) is 6.54. The van der Waals surface area contributed by atoms with Crippen molar-refractivity contribution in [2.75, 3.05) is 11.1 Å². The maximum absolute atomic E-state index is 13.0. The number of nitrogens with one attached hydrogen (secondary N) is 1. The molecule has 6 heteroatoms. The van der Waals surface area contributed by atoms with Gasteiger partial charge in [-0.25, -0.2) is 14.4 Å². The van der Waals surface area contributed by atoms with Crippen molar-refractivity contribution in [2.24, 2.45) is 0 Å². The fourth-order valence-corrected chi connectivity index (χ4v) is 3.21. The molecule has 0 saturated heterocycles. The predicted molar refractivity (Wildman–Crippen MR) is 114 cm³/mol. The maximum atomic E-state index is 13.0. The second-order valence-corrected chi connectivity index (χ2v) is 6.92. The van der Waals surface area contributed by atoms with Crippen LogP contribution in [-0.4, -0.2) is 15.9 Å². The number of halogens is 1. The highest BCUT2D eigenvalue weighted by Crippen LogP contribution is 2.26. The zero-order valence-electron chi connectivity index (χ0n) is 16.7. The first-order valence-corrected chi connectivity index (χ1v) is 9.79. The molecule has 0 bridgehead atoms. The van der Waals surface area contributed by atoms with Crippen molar-refractivity contribution in [3.63, 3.8) is 0 Å². The van der Waals surface area contributed by atoms with Crippen molar-refractivity contribution < 1.29 is 9.18 Å². The molecule has 0 aliphatic rings. The number of nitrogens with two attached hydrogens (primary N) is 1. The molecule has 0 aliphatic heterocycles. The molecule has 0 aliphatic carbocycles. The molecular weight excluding hydrogens is 367 g/mol. The molecule has 0 spiro atoms. The summed E-state index contributed by atoms with van der Waals surface area (Å²) in [6.07, 6.45) is 4.36. The van der Waals surface area contributed by atoms with Crippen LogP contribution in [0.1, 0.15) is 37.1 Å². The van der Waals surface area contributed by atoms with Crippen LogP contribution in [-0.2, 0) is 24.1 Å². The number of nitrogens with zero attached hydrogens (tertiary/aromatic N) is 2.